The maximum Gasteiger partial charge on any atom is 0.343 e. The van der Waals surface area contributed by atoms with Gasteiger partial charge in [0.1, 0.15) is 24.5 Å². The van der Waals surface area contributed by atoms with E-state index < -0.39 is 11.9 Å². The summed E-state index contributed by atoms with van der Waals surface area (Å²) in [7, 11) is 1.54. The third-order valence-electron chi connectivity index (χ3n) is 6.98. The third-order valence-corrected chi connectivity index (χ3v) is 6.98. The molecule has 40 heavy (non-hydrogen) atoms. The van der Waals surface area contributed by atoms with Crippen molar-refractivity contribution in [2.75, 3.05) is 46.6 Å². The molecule has 0 unspecified atom stereocenters. The van der Waals surface area contributed by atoms with Gasteiger partial charge in [-0.2, -0.15) is 0 Å². The fourth-order valence-electron chi connectivity index (χ4n) is 4.71. The number of rotatable bonds is 11. The molecule has 1 fully saturated rings. The maximum absolute atomic E-state index is 13.0. The van der Waals surface area contributed by atoms with Gasteiger partial charge in [0.2, 0.25) is 0 Å². The number of fused-ring (bicyclic) bond motifs is 1. The van der Waals surface area contributed by atoms with Crippen molar-refractivity contribution in [2.24, 2.45) is 0 Å². The van der Waals surface area contributed by atoms with Crippen molar-refractivity contribution < 1.29 is 38.1 Å². The topological polar surface area (TPSA) is 101 Å². The summed E-state index contributed by atoms with van der Waals surface area (Å²) in [6.45, 7) is 8.06. The van der Waals surface area contributed by atoms with Gasteiger partial charge in [-0.05, 0) is 44.4 Å². The first-order valence-corrected chi connectivity index (χ1v) is 13.2. The second kappa shape index (κ2) is 14.8. The average Bonchev–Trinajstić information content (AvgIpc) is 3.35. The summed E-state index contributed by atoms with van der Waals surface area (Å²) in [4.78, 5) is 40.1. The molecule has 0 atom stereocenters. The smallest absolute Gasteiger partial charge is 0.343 e. The summed E-state index contributed by atoms with van der Waals surface area (Å²) in [5, 5.41) is 0. The van der Waals surface area contributed by atoms with Crippen LogP contribution in [-0.2, 0) is 32.0 Å². The van der Waals surface area contributed by atoms with Crippen molar-refractivity contribution in [1.29, 1.82) is 0 Å². The highest BCUT2D eigenvalue weighted by molar-refractivity contribution is 6.00. The van der Waals surface area contributed by atoms with Crippen LogP contribution in [0, 0.1) is 6.92 Å². The van der Waals surface area contributed by atoms with Crippen molar-refractivity contribution in [1.82, 2.24) is 4.90 Å². The number of carbonyl (C=O) groups excluding carboxylic acids is 3. The van der Waals surface area contributed by atoms with Crippen LogP contribution in [0.1, 0.15) is 57.2 Å². The normalized spacial score (nSPS) is 15.1. The molecule has 0 N–H and O–H groups in total. The highest BCUT2D eigenvalue weighted by Gasteiger charge is 2.34. The molecule has 0 saturated carbocycles. The molecule has 2 aromatic rings. The predicted octanol–water partition coefficient (Wildman–Crippen LogP) is 4.46. The van der Waals surface area contributed by atoms with Gasteiger partial charge in [0.25, 0.3) is 0 Å². The molecule has 0 aliphatic carbocycles. The summed E-state index contributed by atoms with van der Waals surface area (Å²) in [6.07, 6.45) is 3.06. The Morgan fingerprint density at radius 1 is 1.07 bits per heavy atom. The van der Waals surface area contributed by atoms with Gasteiger partial charge in [-0.15, -0.1) is 12.4 Å². The standard InChI is InChI=1S/C30H35NO8.ClH/c1-20(10-12-25(32)37-18-15-31-13-16-36-17-14-31)9-11-23-27(35-3)21(2)24-19-38-30(34)26(24)28(23)39-29(33)22-7-5-4-6-8-22;/h4-9H,10-19H2,1-3H3;1H. The number of morpholine rings is 1. The lowest BCUT2D eigenvalue weighted by atomic mass is 9.94. The quantitative estimate of drug-likeness (QED) is 0.219. The van der Waals surface area contributed by atoms with Gasteiger partial charge >= 0.3 is 17.9 Å². The van der Waals surface area contributed by atoms with E-state index in [4.69, 9.17) is 23.7 Å². The summed E-state index contributed by atoms with van der Waals surface area (Å²) in [5.74, 6) is -0.675. The maximum atomic E-state index is 13.0. The van der Waals surface area contributed by atoms with E-state index in [0.717, 1.165) is 24.2 Å². The Balaban J connectivity index is 0.00000441. The van der Waals surface area contributed by atoms with Crippen LogP contribution < -0.4 is 9.47 Å². The van der Waals surface area contributed by atoms with Crippen LogP contribution in [0.15, 0.2) is 42.0 Å². The first-order valence-electron chi connectivity index (χ1n) is 13.2. The van der Waals surface area contributed by atoms with Crippen LogP contribution >= 0.6 is 12.4 Å². The van der Waals surface area contributed by atoms with Gasteiger partial charge in [-0.3, -0.25) is 9.69 Å². The largest absolute Gasteiger partial charge is 0.496 e. The minimum Gasteiger partial charge on any atom is -0.496 e. The third kappa shape index (κ3) is 7.62. The monoisotopic (exact) mass is 573 g/mol. The number of methoxy groups -OCH3 is 1. The molecule has 9 nitrogen and oxygen atoms in total. The summed E-state index contributed by atoms with van der Waals surface area (Å²) >= 11 is 0. The van der Waals surface area contributed by atoms with E-state index in [9.17, 15) is 14.4 Å². The summed E-state index contributed by atoms with van der Waals surface area (Å²) in [5.41, 5.74) is 3.57. The van der Waals surface area contributed by atoms with Gasteiger partial charge < -0.3 is 23.7 Å². The van der Waals surface area contributed by atoms with Crippen LogP contribution in [0.25, 0.3) is 0 Å². The lowest BCUT2D eigenvalue weighted by molar-refractivity contribution is -0.144. The number of nitrogens with zero attached hydrogens (tertiary/aromatic N) is 1. The average molecular weight is 574 g/mol. The number of esters is 3. The van der Waals surface area contributed by atoms with Gasteiger partial charge in [-0.25, -0.2) is 9.59 Å². The minimum atomic E-state index is -0.579. The Morgan fingerprint density at radius 2 is 1.80 bits per heavy atom. The zero-order valence-electron chi connectivity index (χ0n) is 23.2. The number of cyclic esters (lactones) is 1. The van der Waals surface area contributed by atoms with Crippen molar-refractivity contribution in [3.8, 4) is 11.5 Å². The van der Waals surface area contributed by atoms with Crippen molar-refractivity contribution >= 4 is 30.3 Å². The molecule has 10 heteroatoms. The first kappa shape index (κ1) is 31.1. The second-order valence-electron chi connectivity index (χ2n) is 9.58. The van der Waals surface area contributed by atoms with E-state index in [-0.39, 0.29) is 42.7 Å². The Labute approximate surface area is 240 Å². The van der Waals surface area contributed by atoms with Gasteiger partial charge in [0.15, 0.2) is 5.75 Å². The Hall–Kier alpha value is -3.40. The highest BCUT2D eigenvalue weighted by atomic mass is 35.5. The zero-order chi connectivity index (χ0) is 27.8. The van der Waals surface area contributed by atoms with Gasteiger partial charge in [-0.1, -0.05) is 29.8 Å². The fraction of sp³-hybridized carbons (Fsp3) is 0.433. The van der Waals surface area contributed by atoms with E-state index in [1.165, 1.54) is 0 Å². The Morgan fingerprint density at radius 3 is 2.50 bits per heavy atom. The SMILES string of the molecule is COc1c(C)c2c(c(OC(=O)c3ccccc3)c1CC=C(C)CCC(=O)OCCN1CCOCC1)C(=O)OC2.Cl. The lowest BCUT2D eigenvalue weighted by Gasteiger charge is -2.26. The van der Waals surface area contributed by atoms with Crippen LogP contribution in [-0.4, -0.2) is 69.4 Å². The molecule has 0 aromatic heterocycles. The molecule has 1 saturated heterocycles. The first-order chi connectivity index (χ1) is 18.9. The summed E-state index contributed by atoms with van der Waals surface area (Å²) < 4.78 is 27.6. The van der Waals surface area contributed by atoms with Crippen molar-refractivity contribution in [3.05, 3.63) is 69.8 Å². The predicted molar refractivity (Wildman–Crippen MR) is 150 cm³/mol. The number of benzene rings is 2. The van der Waals surface area contributed by atoms with Gasteiger partial charge in [0, 0.05) is 37.2 Å². The molecule has 4 rings (SSSR count). The van der Waals surface area contributed by atoms with E-state index in [1.54, 1.807) is 37.4 Å². The van der Waals surface area contributed by atoms with Crippen LogP contribution in [0.4, 0.5) is 0 Å². The van der Waals surface area contributed by atoms with Crippen LogP contribution in [0.2, 0.25) is 0 Å². The summed E-state index contributed by atoms with van der Waals surface area (Å²) in [6, 6.07) is 8.59. The zero-order valence-corrected chi connectivity index (χ0v) is 24.0. The van der Waals surface area contributed by atoms with Crippen molar-refractivity contribution in [2.45, 2.75) is 39.7 Å². The fourth-order valence-corrected chi connectivity index (χ4v) is 4.71. The molecule has 2 aromatic carbocycles. The Kier molecular flexibility index (Phi) is 11.5. The molecule has 0 radical (unpaired) electrons. The number of carbonyl (C=O) groups is 3. The number of halogens is 1. The van der Waals surface area contributed by atoms with Crippen LogP contribution in [0.3, 0.4) is 0 Å². The molecule has 0 amide bonds. The number of hydrogen-bond donors (Lipinski definition) is 0. The number of allylic oxidation sites excluding steroid dienone is 2. The number of hydrogen-bond acceptors (Lipinski definition) is 9. The second-order valence-corrected chi connectivity index (χ2v) is 9.58. The highest BCUT2D eigenvalue weighted by Crippen LogP contribution is 2.43. The van der Waals surface area contributed by atoms with E-state index in [0.29, 0.717) is 61.6 Å². The molecular formula is C30H36ClNO8. The van der Waals surface area contributed by atoms with E-state index in [2.05, 4.69) is 4.90 Å². The van der Waals surface area contributed by atoms with Crippen molar-refractivity contribution in [3.63, 3.8) is 0 Å². The molecule has 0 spiro atoms. The molecule has 0 bridgehead atoms. The Bertz CT molecular complexity index is 1240. The molecule has 216 valence electrons. The van der Waals surface area contributed by atoms with E-state index >= 15 is 0 Å². The van der Waals surface area contributed by atoms with Gasteiger partial charge in [0.05, 0.1) is 25.9 Å². The lowest BCUT2D eigenvalue weighted by Crippen LogP contribution is -2.38. The van der Waals surface area contributed by atoms with E-state index in [1.807, 2.05) is 19.9 Å². The number of ether oxygens (including phenoxy) is 5. The minimum absolute atomic E-state index is 0. The molecule has 2 aliphatic heterocycles. The molecular weight excluding hydrogens is 538 g/mol. The molecule has 2 aliphatic rings. The molecule has 2 heterocycles. The van der Waals surface area contributed by atoms with Crippen LogP contribution in [0.5, 0.6) is 11.5 Å².